The molecule has 6 aromatic rings. The van der Waals surface area contributed by atoms with Crippen molar-refractivity contribution >= 4 is 23.1 Å². The highest BCUT2D eigenvalue weighted by Gasteiger charge is 2.28. The minimum atomic E-state index is -0.332. The van der Waals surface area contributed by atoms with Gasteiger partial charge < -0.3 is 14.1 Å². The van der Waals surface area contributed by atoms with E-state index < -0.39 is 0 Å². The topological polar surface area (TPSA) is 84.6 Å². The van der Waals surface area contributed by atoms with Gasteiger partial charge in [0.25, 0.3) is 0 Å². The maximum absolute atomic E-state index is 12.7. The number of carbonyl (C=O) groups excluding carboxylic acids is 1. The molecular formula is C30H27N7O. The summed E-state index contributed by atoms with van der Waals surface area (Å²) >= 11 is 0. The molecule has 0 radical (unpaired) electrons. The Labute approximate surface area is 220 Å². The maximum Gasteiger partial charge on any atom is 0.215 e. The number of amides is 1. The fourth-order valence-corrected chi connectivity index (χ4v) is 4.99. The molecule has 188 valence electrons. The van der Waals surface area contributed by atoms with Gasteiger partial charge in [-0.15, -0.1) is 0 Å². The molecule has 8 nitrogen and oxygen atoms in total. The zero-order valence-electron chi connectivity index (χ0n) is 21.0. The lowest BCUT2D eigenvalue weighted by atomic mass is 10.0. The highest BCUT2D eigenvalue weighted by Crippen LogP contribution is 2.33. The normalized spacial score (nSPS) is 12.0. The molecule has 0 bridgehead atoms. The smallest absolute Gasteiger partial charge is 0.215 e. The Balaban J connectivity index is 1.42. The lowest BCUT2D eigenvalue weighted by Crippen LogP contribution is -2.31. The molecule has 1 atom stereocenters. The van der Waals surface area contributed by atoms with E-state index in [1.54, 1.807) is 29.8 Å². The predicted octanol–water partition coefficient (Wildman–Crippen LogP) is 5.58. The number of benzene rings is 2. The number of aromatic amines is 1. The van der Waals surface area contributed by atoms with Gasteiger partial charge in [-0.1, -0.05) is 30.3 Å². The minimum Gasteiger partial charge on any atom is -0.341 e. The highest BCUT2D eigenvalue weighted by molar-refractivity contribution is 5.88. The van der Waals surface area contributed by atoms with Crippen LogP contribution >= 0.6 is 0 Å². The third-order valence-electron chi connectivity index (χ3n) is 6.89. The van der Waals surface area contributed by atoms with E-state index in [1.807, 2.05) is 59.4 Å². The lowest BCUT2D eigenvalue weighted by Gasteiger charge is -2.28. The van der Waals surface area contributed by atoms with Gasteiger partial charge in [0.2, 0.25) is 6.41 Å². The number of H-pyrrole nitrogens is 1. The van der Waals surface area contributed by atoms with Gasteiger partial charge in [0.05, 0.1) is 24.3 Å². The molecule has 0 fully saturated rings. The number of rotatable bonds is 9. The highest BCUT2D eigenvalue weighted by atomic mass is 16.1. The summed E-state index contributed by atoms with van der Waals surface area (Å²) in [6.07, 6.45) is 12.4. The van der Waals surface area contributed by atoms with E-state index >= 15 is 0 Å². The van der Waals surface area contributed by atoms with Crippen molar-refractivity contribution in [2.45, 2.75) is 25.9 Å². The van der Waals surface area contributed by atoms with Gasteiger partial charge in [0.1, 0.15) is 11.6 Å². The average molecular weight is 502 g/mol. The minimum absolute atomic E-state index is 0.332. The van der Waals surface area contributed by atoms with E-state index in [4.69, 9.17) is 4.98 Å². The van der Waals surface area contributed by atoms with Crippen LogP contribution in [-0.2, 0) is 17.8 Å². The largest absolute Gasteiger partial charge is 0.341 e. The zero-order chi connectivity index (χ0) is 25.9. The summed E-state index contributed by atoms with van der Waals surface area (Å²) in [5, 5.41) is 1.05. The van der Waals surface area contributed by atoms with Crippen molar-refractivity contribution in [1.29, 1.82) is 0 Å². The van der Waals surface area contributed by atoms with Crippen molar-refractivity contribution in [1.82, 2.24) is 29.1 Å². The maximum atomic E-state index is 12.7. The first-order valence-corrected chi connectivity index (χ1v) is 12.6. The Morgan fingerprint density at radius 3 is 2.53 bits per heavy atom. The van der Waals surface area contributed by atoms with Gasteiger partial charge in [-0.3, -0.25) is 14.7 Å². The molecule has 1 N–H and O–H groups in total. The first kappa shape index (κ1) is 23.4. The summed E-state index contributed by atoms with van der Waals surface area (Å²) in [6.45, 7) is 2.81. The SMILES string of the molecule is CCn1c(-c2ccc(-n3ccnc3)cc2)cnc1C(Cc1ccncc1)N(C=O)c1cc2ccccc2[nH]1. The molecule has 38 heavy (non-hydrogen) atoms. The van der Waals surface area contributed by atoms with E-state index in [1.165, 1.54) is 0 Å². The number of nitrogens with zero attached hydrogens (tertiary/aromatic N) is 6. The molecule has 0 saturated heterocycles. The number of pyridine rings is 1. The number of para-hydroxylation sites is 1. The Bertz CT molecular complexity index is 1620. The summed E-state index contributed by atoms with van der Waals surface area (Å²) in [7, 11) is 0. The number of imidazole rings is 2. The summed E-state index contributed by atoms with van der Waals surface area (Å²) in [6, 6.07) is 22.0. The monoisotopic (exact) mass is 501 g/mol. The third-order valence-corrected chi connectivity index (χ3v) is 6.89. The van der Waals surface area contributed by atoms with Crippen LogP contribution in [-0.4, -0.2) is 35.5 Å². The first-order chi connectivity index (χ1) is 18.7. The second kappa shape index (κ2) is 10.2. The van der Waals surface area contributed by atoms with Crippen molar-refractivity contribution in [2.75, 3.05) is 4.90 Å². The van der Waals surface area contributed by atoms with Crippen molar-refractivity contribution in [3.8, 4) is 16.9 Å². The van der Waals surface area contributed by atoms with Crippen LogP contribution in [0.1, 0.15) is 24.4 Å². The van der Waals surface area contributed by atoms with E-state index in [0.717, 1.165) is 51.5 Å². The molecule has 4 heterocycles. The summed E-state index contributed by atoms with van der Waals surface area (Å²) in [4.78, 5) is 31.0. The zero-order valence-corrected chi connectivity index (χ0v) is 21.0. The van der Waals surface area contributed by atoms with Crippen LogP contribution < -0.4 is 4.90 Å². The average Bonchev–Trinajstić information content (AvgIpc) is 3.73. The van der Waals surface area contributed by atoms with Gasteiger partial charge in [-0.25, -0.2) is 9.97 Å². The van der Waals surface area contributed by atoms with E-state index in [0.29, 0.717) is 13.0 Å². The third kappa shape index (κ3) is 4.37. The number of nitrogens with one attached hydrogen (secondary N) is 1. The molecule has 1 amide bonds. The van der Waals surface area contributed by atoms with Crippen molar-refractivity contribution in [3.63, 3.8) is 0 Å². The molecule has 0 aliphatic carbocycles. The fraction of sp³-hybridized carbons (Fsp3) is 0.133. The van der Waals surface area contributed by atoms with Crippen molar-refractivity contribution in [2.24, 2.45) is 0 Å². The quantitative estimate of drug-likeness (QED) is 0.262. The Morgan fingerprint density at radius 2 is 1.82 bits per heavy atom. The number of hydrogen-bond donors (Lipinski definition) is 1. The van der Waals surface area contributed by atoms with E-state index in [-0.39, 0.29) is 6.04 Å². The number of carbonyl (C=O) groups is 1. The molecule has 0 spiro atoms. The Morgan fingerprint density at radius 1 is 1.00 bits per heavy atom. The molecule has 4 aromatic heterocycles. The summed E-state index contributed by atoms with van der Waals surface area (Å²) in [5.41, 5.74) is 5.15. The molecule has 2 aromatic carbocycles. The Hall–Kier alpha value is -4.98. The van der Waals surface area contributed by atoms with Crippen LogP contribution in [0.25, 0.3) is 27.8 Å². The van der Waals surface area contributed by atoms with Crippen molar-refractivity contribution < 1.29 is 4.79 Å². The Kier molecular flexibility index (Phi) is 6.27. The second-order valence-corrected chi connectivity index (χ2v) is 9.09. The standard InChI is InChI=1S/C30H27N7O/c1-2-36-28(23-7-9-25(10-8-23)35-16-15-32-20-35)19-33-30(36)27(17-22-11-13-31-14-12-22)37(21-38)29-18-24-5-3-4-6-26(24)34-29/h3-16,18-21,27,34H,2,17H2,1H3. The summed E-state index contributed by atoms with van der Waals surface area (Å²) < 4.78 is 4.16. The number of aromatic nitrogens is 6. The summed E-state index contributed by atoms with van der Waals surface area (Å²) in [5.74, 6) is 1.56. The molecule has 8 heteroatoms. The lowest BCUT2D eigenvalue weighted by molar-refractivity contribution is -0.108. The van der Waals surface area contributed by atoms with Gasteiger partial charge in [0.15, 0.2) is 0 Å². The molecule has 6 rings (SSSR count). The number of anilines is 1. The number of hydrogen-bond acceptors (Lipinski definition) is 4. The van der Waals surface area contributed by atoms with Crippen LogP contribution in [0.15, 0.2) is 104 Å². The van der Waals surface area contributed by atoms with Crippen LogP contribution in [0, 0.1) is 0 Å². The van der Waals surface area contributed by atoms with E-state index in [9.17, 15) is 4.79 Å². The van der Waals surface area contributed by atoms with Gasteiger partial charge >= 0.3 is 0 Å². The van der Waals surface area contributed by atoms with Crippen LogP contribution in [0.3, 0.4) is 0 Å². The van der Waals surface area contributed by atoms with Crippen LogP contribution in [0.5, 0.6) is 0 Å². The molecule has 0 saturated carbocycles. The van der Waals surface area contributed by atoms with Crippen LogP contribution in [0.2, 0.25) is 0 Å². The van der Waals surface area contributed by atoms with Gasteiger partial charge in [0, 0.05) is 54.3 Å². The number of fused-ring (bicyclic) bond motifs is 1. The molecule has 0 aliphatic rings. The van der Waals surface area contributed by atoms with Gasteiger partial charge in [-0.05, 0) is 54.4 Å². The molecular weight excluding hydrogens is 474 g/mol. The molecule has 0 aliphatic heterocycles. The second-order valence-electron chi connectivity index (χ2n) is 9.09. The van der Waals surface area contributed by atoms with Crippen molar-refractivity contribution in [3.05, 3.63) is 115 Å². The fourth-order valence-electron chi connectivity index (χ4n) is 4.99. The first-order valence-electron chi connectivity index (χ1n) is 12.6. The van der Waals surface area contributed by atoms with E-state index in [2.05, 4.69) is 50.7 Å². The predicted molar refractivity (Wildman–Crippen MR) is 148 cm³/mol. The van der Waals surface area contributed by atoms with Crippen LogP contribution in [0.4, 0.5) is 5.82 Å². The van der Waals surface area contributed by atoms with Gasteiger partial charge in [-0.2, -0.15) is 0 Å². The molecule has 1 unspecified atom stereocenters.